The number of hydrogen-bond acceptors (Lipinski definition) is 3. The predicted octanol–water partition coefficient (Wildman–Crippen LogP) is -0.0883. The predicted molar refractivity (Wildman–Crippen MR) is 35.2 cm³/mol. The summed E-state index contributed by atoms with van der Waals surface area (Å²) >= 11 is 0. The van der Waals surface area contributed by atoms with Crippen molar-refractivity contribution in [3.63, 3.8) is 0 Å². The molecule has 1 unspecified atom stereocenters. The van der Waals surface area contributed by atoms with Gasteiger partial charge in [0.15, 0.2) is 0 Å². The molecule has 1 aliphatic rings. The largest absolute Gasteiger partial charge is 0.480 e. The van der Waals surface area contributed by atoms with Gasteiger partial charge in [-0.1, -0.05) is 0 Å². The molecule has 0 aromatic rings. The van der Waals surface area contributed by atoms with Gasteiger partial charge < -0.3 is 9.84 Å². The summed E-state index contributed by atoms with van der Waals surface area (Å²) in [6.45, 7) is 1.75. The summed E-state index contributed by atoms with van der Waals surface area (Å²) in [4.78, 5) is 22.1. The Kier molecular flexibility index (Phi) is 1.98. The number of nitrogens with zero attached hydrogens (tertiary/aromatic N) is 1. The zero-order valence-electron chi connectivity index (χ0n) is 6.11. The fourth-order valence-corrected chi connectivity index (χ4v) is 0.911. The van der Waals surface area contributed by atoms with E-state index in [9.17, 15) is 9.59 Å². The Bertz CT molecular complexity index is 191. The van der Waals surface area contributed by atoms with Crippen LogP contribution in [0, 0.1) is 0 Å². The van der Waals surface area contributed by atoms with Gasteiger partial charge >= 0.3 is 12.1 Å². The highest BCUT2D eigenvalue weighted by molar-refractivity contribution is 5.78. The Morgan fingerprint density at radius 2 is 2.55 bits per heavy atom. The molecule has 1 aliphatic heterocycles. The highest BCUT2D eigenvalue weighted by atomic mass is 16.6. The summed E-state index contributed by atoms with van der Waals surface area (Å²) in [6, 6.07) is -0.126. The van der Waals surface area contributed by atoms with Crippen molar-refractivity contribution in [1.29, 1.82) is 0 Å². The van der Waals surface area contributed by atoms with Crippen LogP contribution in [0.2, 0.25) is 0 Å². The van der Waals surface area contributed by atoms with E-state index in [1.165, 1.54) is 4.90 Å². The molecule has 1 N–H and O–H groups in total. The van der Waals surface area contributed by atoms with Gasteiger partial charge in [-0.15, -0.1) is 0 Å². The summed E-state index contributed by atoms with van der Waals surface area (Å²) in [5.74, 6) is -1.02. The van der Waals surface area contributed by atoms with Gasteiger partial charge in [-0.05, 0) is 6.92 Å². The standard InChI is InChI=1S/C6H9NO4/c1-4-3-11-6(10)7(4)2-5(8)9/h4H,2-3H2,1H3,(H,8,9). The van der Waals surface area contributed by atoms with Crippen LogP contribution in [0.25, 0.3) is 0 Å². The first-order valence-electron chi connectivity index (χ1n) is 3.26. The molecule has 1 rings (SSSR count). The number of amides is 1. The second kappa shape index (κ2) is 2.77. The molecule has 5 heteroatoms. The fraction of sp³-hybridized carbons (Fsp3) is 0.667. The molecule has 1 amide bonds. The third-order valence-electron chi connectivity index (χ3n) is 1.52. The topological polar surface area (TPSA) is 66.8 Å². The normalized spacial score (nSPS) is 23.5. The van der Waals surface area contributed by atoms with Crippen molar-refractivity contribution in [1.82, 2.24) is 4.90 Å². The minimum Gasteiger partial charge on any atom is -0.480 e. The van der Waals surface area contributed by atoms with Crippen molar-refractivity contribution in [3.05, 3.63) is 0 Å². The maximum Gasteiger partial charge on any atom is 0.410 e. The van der Waals surface area contributed by atoms with Gasteiger partial charge in [0.25, 0.3) is 0 Å². The van der Waals surface area contributed by atoms with Crippen LogP contribution in [-0.2, 0) is 9.53 Å². The number of rotatable bonds is 2. The average molecular weight is 159 g/mol. The number of aliphatic carboxylic acids is 1. The van der Waals surface area contributed by atoms with Gasteiger partial charge in [0.05, 0.1) is 6.04 Å². The lowest BCUT2D eigenvalue weighted by Crippen LogP contribution is -2.35. The van der Waals surface area contributed by atoms with E-state index in [1.807, 2.05) is 0 Å². The van der Waals surface area contributed by atoms with Crippen LogP contribution in [0.5, 0.6) is 0 Å². The maximum atomic E-state index is 10.8. The number of hydrogen-bond donors (Lipinski definition) is 1. The number of carbonyl (C=O) groups excluding carboxylic acids is 1. The third kappa shape index (κ3) is 1.60. The minimum absolute atomic E-state index is 0.126. The zero-order chi connectivity index (χ0) is 8.43. The van der Waals surface area contributed by atoms with Crippen molar-refractivity contribution >= 4 is 12.1 Å². The van der Waals surface area contributed by atoms with Crippen LogP contribution in [-0.4, -0.2) is 41.3 Å². The van der Waals surface area contributed by atoms with Crippen molar-refractivity contribution in [2.24, 2.45) is 0 Å². The van der Waals surface area contributed by atoms with E-state index < -0.39 is 12.1 Å². The Balaban J connectivity index is 2.54. The summed E-state index contributed by atoms with van der Waals surface area (Å²) in [5.41, 5.74) is 0. The van der Waals surface area contributed by atoms with Gasteiger partial charge in [-0.2, -0.15) is 0 Å². The Morgan fingerprint density at radius 3 is 2.91 bits per heavy atom. The molecule has 0 aromatic carbocycles. The van der Waals surface area contributed by atoms with Crippen LogP contribution in [0.15, 0.2) is 0 Å². The zero-order valence-corrected chi connectivity index (χ0v) is 6.11. The summed E-state index contributed by atoms with van der Waals surface area (Å²) in [6.07, 6.45) is -0.542. The van der Waals surface area contributed by atoms with E-state index in [-0.39, 0.29) is 19.2 Å². The molecule has 0 spiro atoms. The molecule has 0 bridgehead atoms. The average Bonchev–Trinajstić information content (AvgIpc) is 2.18. The highest BCUT2D eigenvalue weighted by Crippen LogP contribution is 2.10. The molecule has 1 fully saturated rings. The van der Waals surface area contributed by atoms with Crippen LogP contribution in [0.1, 0.15) is 6.92 Å². The fourth-order valence-electron chi connectivity index (χ4n) is 0.911. The second-order valence-corrected chi connectivity index (χ2v) is 2.45. The molecule has 62 valence electrons. The Labute approximate surface area is 63.5 Å². The SMILES string of the molecule is CC1COC(=O)N1CC(=O)O. The number of carbonyl (C=O) groups is 2. The summed E-state index contributed by atoms with van der Waals surface area (Å²) in [7, 11) is 0. The van der Waals surface area contributed by atoms with Crippen LogP contribution >= 0.6 is 0 Å². The lowest BCUT2D eigenvalue weighted by molar-refractivity contribution is -0.137. The van der Waals surface area contributed by atoms with E-state index in [1.54, 1.807) is 6.92 Å². The minimum atomic E-state index is -1.02. The van der Waals surface area contributed by atoms with Crippen LogP contribution in [0.3, 0.4) is 0 Å². The number of carboxylic acid groups (broad SMARTS) is 1. The maximum absolute atomic E-state index is 10.8. The quantitative estimate of drug-likeness (QED) is 0.611. The van der Waals surface area contributed by atoms with Gasteiger partial charge in [0, 0.05) is 0 Å². The van der Waals surface area contributed by atoms with E-state index in [0.29, 0.717) is 0 Å². The van der Waals surface area contributed by atoms with Crippen molar-refractivity contribution in [2.75, 3.05) is 13.2 Å². The number of carboxylic acids is 1. The van der Waals surface area contributed by atoms with E-state index >= 15 is 0 Å². The van der Waals surface area contributed by atoms with Crippen molar-refractivity contribution in [2.45, 2.75) is 13.0 Å². The Morgan fingerprint density at radius 1 is 1.91 bits per heavy atom. The molecule has 1 heterocycles. The second-order valence-electron chi connectivity index (χ2n) is 2.45. The highest BCUT2D eigenvalue weighted by Gasteiger charge is 2.30. The molecule has 0 aliphatic carbocycles. The molecule has 1 atom stereocenters. The molecule has 0 saturated carbocycles. The van der Waals surface area contributed by atoms with E-state index in [0.717, 1.165) is 0 Å². The lowest BCUT2D eigenvalue weighted by Gasteiger charge is -2.13. The first-order chi connectivity index (χ1) is 5.11. The molecular weight excluding hydrogens is 150 g/mol. The Hall–Kier alpha value is -1.26. The van der Waals surface area contributed by atoms with E-state index in [2.05, 4.69) is 4.74 Å². The van der Waals surface area contributed by atoms with Gasteiger partial charge in [-0.3, -0.25) is 9.69 Å². The lowest BCUT2D eigenvalue weighted by atomic mass is 10.3. The first-order valence-corrected chi connectivity index (χ1v) is 3.26. The van der Waals surface area contributed by atoms with E-state index in [4.69, 9.17) is 5.11 Å². The molecule has 0 aromatic heterocycles. The smallest absolute Gasteiger partial charge is 0.410 e. The van der Waals surface area contributed by atoms with Crippen LogP contribution in [0.4, 0.5) is 4.79 Å². The van der Waals surface area contributed by atoms with Crippen molar-refractivity contribution in [3.8, 4) is 0 Å². The molecule has 1 saturated heterocycles. The molecule has 11 heavy (non-hydrogen) atoms. The van der Waals surface area contributed by atoms with Gasteiger partial charge in [0.1, 0.15) is 13.2 Å². The number of cyclic esters (lactones) is 1. The molecular formula is C6H9NO4. The molecule has 5 nitrogen and oxygen atoms in total. The molecule has 0 radical (unpaired) electrons. The summed E-state index contributed by atoms with van der Waals surface area (Å²) in [5, 5.41) is 8.36. The monoisotopic (exact) mass is 159 g/mol. The van der Waals surface area contributed by atoms with Gasteiger partial charge in [0.2, 0.25) is 0 Å². The number of ether oxygens (including phenoxy) is 1. The van der Waals surface area contributed by atoms with Crippen molar-refractivity contribution < 1.29 is 19.4 Å². The van der Waals surface area contributed by atoms with Gasteiger partial charge in [-0.25, -0.2) is 4.79 Å². The van der Waals surface area contributed by atoms with Crippen LogP contribution < -0.4 is 0 Å². The first kappa shape index (κ1) is 7.84. The third-order valence-corrected chi connectivity index (χ3v) is 1.52. The summed E-state index contributed by atoms with van der Waals surface area (Å²) < 4.78 is 4.60.